The van der Waals surface area contributed by atoms with Crippen LogP contribution >= 0.6 is 0 Å². The second-order valence-corrected chi connectivity index (χ2v) is 11.7. The maximum absolute atomic E-state index is 13.4. The lowest BCUT2D eigenvalue weighted by atomic mass is 10.1. The van der Waals surface area contributed by atoms with Crippen LogP contribution in [-0.4, -0.2) is 47.5 Å². The number of aromatic nitrogens is 2. The molecule has 0 spiro atoms. The molecule has 0 N–H and O–H groups in total. The summed E-state index contributed by atoms with van der Waals surface area (Å²) in [7, 11) is 1.21. The van der Waals surface area contributed by atoms with Crippen LogP contribution in [0.3, 0.4) is 0 Å². The number of hydrogen-bond donors (Lipinski definition) is 0. The topological polar surface area (TPSA) is 82.9 Å². The molecule has 2 aromatic heterocycles. The summed E-state index contributed by atoms with van der Waals surface area (Å²) in [4.78, 5) is 31.4. The Bertz CT molecular complexity index is 1750. The van der Waals surface area contributed by atoms with Crippen molar-refractivity contribution in [2.45, 2.75) is 51.8 Å². The van der Waals surface area contributed by atoms with Gasteiger partial charge in [0.05, 0.1) is 30.5 Å². The molecule has 1 aliphatic rings. The summed E-state index contributed by atoms with van der Waals surface area (Å²) in [6, 6.07) is 15.9. The van der Waals surface area contributed by atoms with Crippen LogP contribution < -0.4 is 9.64 Å². The van der Waals surface area contributed by atoms with Crippen molar-refractivity contribution in [2.24, 2.45) is 0 Å². The number of ether oxygens (including phenoxy) is 3. The van der Waals surface area contributed by atoms with E-state index >= 15 is 0 Å². The fraction of sp³-hybridized carbons (Fsp3) is 0.324. The maximum Gasteiger partial charge on any atom is 0.416 e. The van der Waals surface area contributed by atoms with E-state index in [2.05, 4.69) is 0 Å². The number of carbonyl (C=O) groups excluding carboxylic acids is 2. The summed E-state index contributed by atoms with van der Waals surface area (Å²) in [5.74, 6) is 0.507. The molecule has 1 aliphatic heterocycles. The average Bonchev–Trinajstić information content (AvgIpc) is 3.41. The molecule has 236 valence electrons. The first kappa shape index (κ1) is 31.6. The quantitative estimate of drug-likeness (QED) is 0.158. The second-order valence-electron chi connectivity index (χ2n) is 11.7. The van der Waals surface area contributed by atoms with Crippen molar-refractivity contribution in [1.82, 2.24) is 9.55 Å². The lowest BCUT2D eigenvalue weighted by Gasteiger charge is -2.31. The number of esters is 1. The number of methoxy groups -OCH3 is 1. The van der Waals surface area contributed by atoms with Crippen molar-refractivity contribution in [1.29, 1.82) is 0 Å². The number of fused-ring (bicyclic) bond motifs is 2. The minimum absolute atomic E-state index is 0.204. The zero-order valence-electron chi connectivity index (χ0n) is 25.5. The van der Waals surface area contributed by atoms with Crippen molar-refractivity contribution >= 4 is 34.5 Å². The lowest BCUT2D eigenvalue weighted by Crippen LogP contribution is -2.40. The van der Waals surface area contributed by atoms with Gasteiger partial charge in [0.25, 0.3) is 0 Å². The van der Waals surface area contributed by atoms with Crippen LogP contribution in [-0.2, 0) is 33.3 Å². The average molecular weight is 622 g/mol. The van der Waals surface area contributed by atoms with E-state index < -0.39 is 29.4 Å². The largest absolute Gasteiger partial charge is 0.493 e. The van der Waals surface area contributed by atoms with Crippen molar-refractivity contribution < 1.29 is 37.0 Å². The molecule has 5 rings (SSSR count). The van der Waals surface area contributed by atoms with Gasteiger partial charge in [0.2, 0.25) is 0 Å². The Labute approximate surface area is 259 Å². The van der Waals surface area contributed by atoms with Gasteiger partial charge in [-0.1, -0.05) is 18.2 Å². The van der Waals surface area contributed by atoms with Crippen LogP contribution in [0.5, 0.6) is 5.75 Å². The predicted molar refractivity (Wildman–Crippen MR) is 164 cm³/mol. The molecule has 0 radical (unpaired) electrons. The molecular weight excluding hydrogens is 587 g/mol. The Morgan fingerprint density at radius 1 is 1.02 bits per heavy atom. The molecule has 45 heavy (non-hydrogen) atoms. The maximum atomic E-state index is 13.4. The van der Waals surface area contributed by atoms with E-state index in [-0.39, 0.29) is 11.3 Å². The zero-order valence-corrected chi connectivity index (χ0v) is 25.5. The van der Waals surface area contributed by atoms with Gasteiger partial charge < -0.3 is 18.8 Å². The molecule has 0 atom stereocenters. The van der Waals surface area contributed by atoms with Gasteiger partial charge in [0.15, 0.2) is 0 Å². The van der Waals surface area contributed by atoms with Gasteiger partial charge in [-0.15, -0.1) is 0 Å². The van der Waals surface area contributed by atoms with Crippen LogP contribution in [0.25, 0.3) is 16.6 Å². The molecule has 0 bridgehead atoms. The monoisotopic (exact) mass is 621 g/mol. The fourth-order valence-corrected chi connectivity index (χ4v) is 5.12. The third-order valence-corrected chi connectivity index (χ3v) is 7.20. The Balaban J connectivity index is 1.33. The summed E-state index contributed by atoms with van der Waals surface area (Å²) in [5.41, 5.74) is 1.43. The minimum atomic E-state index is -4.54. The highest BCUT2D eigenvalue weighted by molar-refractivity contribution is 5.95. The number of hydrogen-bond acceptors (Lipinski definition) is 6. The van der Waals surface area contributed by atoms with Gasteiger partial charge in [-0.25, -0.2) is 14.6 Å². The first-order chi connectivity index (χ1) is 21.3. The molecular formula is C34H34F3N3O5. The molecule has 0 aliphatic carbocycles. The van der Waals surface area contributed by atoms with E-state index in [4.69, 9.17) is 19.2 Å². The molecule has 0 saturated heterocycles. The Kier molecular flexibility index (Phi) is 8.90. The normalized spacial score (nSPS) is 13.8. The smallest absolute Gasteiger partial charge is 0.416 e. The molecule has 4 aromatic rings. The number of halogens is 3. The Morgan fingerprint density at radius 3 is 2.56 bits per heavy atom. The van der Waals surface area contributed by atoms with Crippen LogP contribution in [0.15, 0.2) is 72.9 Å². The van der Waals surface area contributed by atoms with Gasteiger partial charge in [0, 0.05) is 36.3 Å². The first-order valence-electron chi connectivity index (χ1n) is 14.5. The summed E-state index contributed by atoms with van der Waals surface area (Å²) in [6.45, 7) is 6.35. The summed E-state index contributed by atoms with van der Waals surface area (Å²) in [6.07, 6.45) is 0.0519. The molecule has 2 aromatic carbocycles. The van der Waals surface area contributed by atoms with Gasteiger partial charge in [0.1, 0.15) is 17.2 Å². The van der Waals surface area contributed by atoms with E-state index in [1.165, 1.54) is 19.2 Å². The summed E-state index contributed by atoms with van der Waals surface area (Å²) >= 11 is 0. The number of rotatable bonds is 7. The second kappa shape index (κ2) is 12.7. The standard InChI is InChI=1S/C34H34F3N3O5/c1-33(2,3)45-32(42)40-16-6-8-22-10-11-26(38-31(22)40)15-18-44-27-12-13-28-24(20-27)14-17-39(28)29(21-30(41)43-4)23-7-5-9-25(19-23)34(35,36)37/h5,7,9-14,17,19-21H,6,8,15-16,18H2,1-4H3. The van der Waals surface area contributed by atoms with Crippen LogP contribution in [0.2, 0.25) is 0 Å². The number of amides is 1. The first-order valence-corrected chi connectivity index (χ1v) is 14.5. The minimum Gasteiger partial charge on any atom is -0.493 e. The van der Waals surface area contributed by atoms with Gasteiger partial charge >= 0.3 is 18.2 Å². The number of nitrogens with zero attached hydrogens (tertiary/aromatic N) is 3. The fourth-order valence-electron chi connectivity index (χ4n) is 5.12. The van der Waals surface area contributed by atoms with Gasteiger partial charge in [-0.05, 0) is 87.2 Å². The number of carbonyl (C=O) groups is 2. The molecule has 0 unspecified atom stereocenters. The molecule has 11 heteroatoms. The van der Waals surface area contributed by atoms with Crippen molar-refractivity contribution in [3.63, 3.8) is 0 Å². The van der Waals surface area contributed by atoms with E-state index in [0.717, 1.165) is 47.7 Å². The van der Waals surface area contributed by atoms with Crippen molar-refractivity contribution in [2.75, 3.05) is 25.2 Å². The van der Waals surface area contributed by atoms with E-state index in [9.17, 15) is 22.8 Å². The van der Waals surface area contributed by atoms with Crippen LogP contribution in [0, 0.1) is 0 Å². The third-order valence-electron chi connectivity index (χ3n) is 7.20. The highest BCUT2D eigenvalue weighted by Gasteiger charge is 2.31. The summed E-state index contributed by atoms with van der Waals surface area (Å²) in [5, 5.41) is 0.759. The number of alkyl halides is 3. The highest BCUT2D eigenvalue weighted by atomic mass is 19.4. The Morgan fingerprint density at radius 2 is 1.82 bits per heavy atom. The molecule has 0 fully saturated rings. The van der Waals surface area contributed by atoms with Crippen molar-refractivity contribution in [3.05, 3.63) is 95.3 Å². The number of anilines is 1. The van der Waals surface area contributed by atoms with Gasteiger partial charge in [-0.2, -0.15) is 13.2 Å². The van der Waals surface area contributed by atoms with Crippen LogP contribution in [0.1, 0.15) is 49.6 Å². The number of benzene rings is 2. The molecule has 3 heterocycles. The highest BCUT2D eigenvalue weighted by Crippen LogP contribution is 2.33. The van der Waals surface area contributed by atoms with E-state index in [1.54, 1.807) is 33.9 Å². The van der Waals surface area contributed by atoms with E-state index in [0.29, 0.717) is 36.7 Å². The number of pyridine rings is 1. The Hall–Kier alpha value is -4.80. The zero-order chi connectivity index (χ0) is 32.4. The van der Waals surface area contributed by atoms with Crippen LogP contribution in [0.4, 0.5) is 23.8 Å². The summed E-state index contributed by atoms with van der Waals surface area (Å²) < 4.78 is 58.3. The SMILES string of the molecule is COC(=O)C=C(c1cccc(C(F)(F)F)c1)n1ccc2cc(OCCc3ccc4c(n3)N(C(=O)OC(C)(C)C)CCC4)ccc21. The molecule has 8 nitrogen and oxygen atoms in total. The van der Waals surface area contributed by atoms with E-state index in [1.807, 2.05) is 39.0 Å². The lowest BCUT2D eigenvalue weighted by molar-refractivity contribution is -0.137. The third kappa shape index (κ3) is 7.47. The number of aryl methyl sites for hydroxylation is 1. The molecule has 1 amide bonds. The van der Waals surface area contributed by atoms with Gasteiger partial charge in [-0.3, -0.25) is 4.90 Å². The van der Waals surface area contributed by atoms with Crippen molar-refractivity contribution in [3.8, 4) is 5.75 Å². The predicted octanol–water partition coefficient (Wildman–Crippen LogP) is 7.43. The molecule has 0 saturated carbocycles.